The minimum Gasteiger partial charge on any atom is -0.497 e. The van der Waals surface area contributed by atoms with E-state index in [1.54, 1.807) is 24.3 Å². The Hall–Kier alpha value is -2.74. The highest BCUT2D eigenvalue weighted by molar-refractivity contribution is 7.92. The molecule has 25 heavy (non-hydrogen) atoms. The van der Waals surface area contributed by atoms with E-state index in [0.717, 1.165) is 0 Å². The molecule has 8 heteroatoms. The maximum atomic E-state index is 12.4. The van der Waals surface area contributed by atoms with Gasteiger partial charge in [-0.15, -0.1) is 0 Å². The van der Waals surface area contributed by atoms with Crippen molar-refractivity contribution >= 4 is 21.6 Å². The summed E-state index contributed by atoms with van der Waals surface area (Å²) in [6, 6.07) is 12.4. The molecular formula is C17H20N2O5S. The van der Waals surface area contributed by atoms with Crippen molar-refractivity contribution in [1.82, 2.24) is 5.32 Å². The second-order valence-electron chi connectivity index (χ2n) is 5.05. The summed E-state index contributed by atoms with van der Waals surface area (Å²) >= 11 is 0. The Kier molecular flexibility index (Phi) is 6.24. The second kappa shape index (κ2) is 8.39. The van der Waals surface area contributed by atoms with Crippen molar-refractivity contribution in [3.8, 4) is 11.5 Å². The Morgan fingerprint density at radius 2 is 1.60 bits per heavy atom. The van der Waals surface area contributed by atoms with Crippen LogP contribution in [0.4, 0.5) is 5.69 Å². The quantitative estimate of drug-likeness (QED) is 0.747. The van der Waals surface area contributed by atoms with E-state index in [1.807, 2.05) is 6.92 Å². The van der Waals surface area contributed by atoms with Crippen LogP contribution in [-0.2, 0) is 14.8 Å². The molecule has 0 fully saturated rings. The Bertz CT molecular complexity index is 802. The number of methoxy groups -OCH3 is 1. The third-order valence-electron chi connectivity index (χ3n) is 3.22. The van der Waals surface area contributed by atoms with Crippen molar-refractivity contribution in [2.24, 2.45) is 0 Å². The van der Waals surface area contributed by atoms with Gasteiger partial charge in [0.15, 0.2) is 6.61 Å². The van der Waals surface area contributed by atoms with Gasteiger partial charge < -0.3 is 14.8 Å². The molecule has 2 aromatic rings. The molecule has 0 unspecified atom stereocenters. The number of likely N-dealkylation sites (N-methyl/N-ethyl adjacent to an activating group) is 1. The zero-order valence-corrected chi connectivity index (χ0v) is 14.8. The smallest absolute Gasteiger partial charge is 0.261 e. The summed E-state index contributed by atoms with van der Waals surface area (Å²) in [5.74, 6) is 0.812. The lowest BCUT2D eigenvalue weighted by molar-refractivity contribution is -0.122. The summed E-state index contributed by atoms with van der Waals surface area (Å²) < 4.78 is 37.5. The average Bonchev–Trinajstić information content (AvgIpc) is 2.61. The fourth-order valence-corrected chi connectivity index (χ4v) is 3.04. The fourth-order valence-electron chi connectivity index (χ4n) is 1.99. The number of anilines is 1. The van der Waals surface area contributed by atoms with Gasteiger partial charge >= 0.3 is 0 Å². The molecule has 0 aromatic heterocycles. The molecule has 2 rings (SSSR count). The molecule has 0 aliphatic heterocycles. The summed E-state index contributed by atoms with van der Waals surface area (Å²) in [4.78, 5) is 11.4. The Labute approximate surface area is 147 Å². The molecule has 2 N–H and O–H groups in total. The van der Waals surface area contributed by atoms with Crippen LogP contribution in [-0.4, -0.2) is 34.6 Å². The number of ether oxygens (including phenoxy) is 2. The minimum atomic E-state index is -3.72. The maximum absolute atomic E-state index is 12.4. The highest BCUT2D eigenvalue weighted by Crippen LogP contribution is 2.21. The van der Waals surface area contributed by atoms with Gasteiger partial charge in [0, 0.05) is 12.2 Å². The van der Waals surface area contributed by atoms with Gasteiger partial charge in [-0.1, -0.05) is 0 Å². The third-order valence-corrected chi connectivity index (χ3v) is 4.62. The van der Waals surface area contributed by atoms with Crippen LogP contribution in [0.1, 0.15) is 6.92 Å². The lowest BCUT2D eigenvalue weighted by Crippen LogP contribution is -2.28. The monoisotopic (exact) mass is 364 g/mol. The summed E-state index contributed by atoms with van der Waals surface area (Å²) in [5.41, 5.74) is 0.428. The first-order chi connectivity index (χ1) is 11.9. The second-order valence-corrected chi connectivity index (χ2v) is 6.73. The van der Waals surface area contributed by atoms with Crippen LogP contribution in [0.5, 0.6) is 11.5 Å². The molecule has 0 spiro atoms. The summed E-state index contributed by atoms with van der Waals surface area (Å²) in [5, 5.41) is 2.61. The number of rotatable bonds is 8. The number of carbonyl (C=O) groups is 1. The van der Waals surface area contributed by atoms with Crippen LogP contribution in [0.2, 0.25) is 0 Å². The van der Waals surface area contributed by atoms with Gasteiger partial charge in [-0.3, -0.25) is 9.52 Å². The first-order valence-corrected chi connectivity index (χ1v) is 9.09. The largest absolute Gasteiger partial charge is 0.497 e. The van der Waals surface area contributed by atoms with Crippen molar-refractivity contribution in [1.29, 1.82) is 0 Å². The number of benzene rings is 2. The standard InChI is InChI=1S/C17H20N2O5S/c1-3-18-17(20)12-24-15-8-10-16(11-9-15)25(21,22)19-13-4-6-14(23-2)7-5-13/h4-11,19H,3,12H2,1-2H3,(H,18,20). The molecule has 0 radical (unpaired) electrons. The Morgan fingerprint density at radius 1 is 1.00 bits per heavy atom. The number of sulfonamides is 1. The van der Waals surface area contributed by atoms with Crippen molar-refractivity contribution in [2.45, 2.75) is 11.8 Å². The van der Waals surface area contributed by atoms with E-state index >= 15 is 0 Å². The lowest BCUT2D eigenvalue weighted by Gasteiger charge is -2.10. The van der Waals surface area contributed by atoms with Crippen LogP contribution in [0.3, 0.4) is 0 Å². The number of nitrogens with one attached hydrogen (secondary N) is 2. The molecule has 0 atom stereocenters. The van der Waals surface area contributed by atoms with Gasteiger partial charge in [0.05, 0.1) is 12.0 Å². The number of hydrogen-bond acceptors (Lipinski definition) is 5. The van der Waals surface area contributed by atoms with E-state index < -0.39 is 10.0 Å². The molecule has 0 bridgehead atoms. The van der Waals surface area contributed by atoms with Crippen LogP contribution in [0.15, 0.2) is 53.4 Å². The topological polar surface area (TPSA) is 93.7 Å². The lowest BCUT2D eigenvalue weighted by atomic mass is 10.3. The minimum absolute atomic E-state index is 0.0914. The molecular weight excluding hydrogens is 344 g/mol. The molecule has 0 aliphatic carbocycles. The normalized spacial score (nSPS) is 10.8. The summed E-state index contributed by atoms with van der Waals surface area (Å²) in [6.07, 6.45) is 0. The van der Waals surface area contributed by atoms with E-state index in [-0.39, 0.29) is 17.4 Å². The summed E-state index contributed by atoms with van der Waals surface area (Å²) in [7, 11) is -2.18. The van der Waals surface area contributed by atoms with Gasteiger partial charge in [0.1, 0.15) is 11.5 Å². The van der Waals surface area contributed by atoms with Gasteiger partial charge in [-0.05, 0) is 55.5 Å². The number of hydrogen-bond donors (Lipinski definition) is 2. The molecule has 1 amide bonds. The van der Waals surface area contributed by atoms with Gasteiger partial charge in [-0.2, -0.15) is 0 Å². The zero-order chi connectivity index (χ0) is 18.3. The van der Waals surface area contributed by atoms with Crippen molar-refractivity contribution in [3.63, 3.8) is 0 Å². The van der Waals surface area contributed by atoms with E-state index in [4.69, 9.17) is 9.47 Å². The summed E-state index contributed by atoms with van der Waals surface area (Å²) in [6.45, 7) is 2.22. The zero-order valence-electron chi connectivity index (χ0n) is 14.0. The first kappa shape index (κ1) is 18.6. The average molecular weight is 364 g/mol. The van der Waals surface area contributed by atoms with Gasteiger partial charge in [0.2, 0.25) is 0 Å². The molecule has 134 valence electrons. The van der Waals surface area contributed by atoms with Crippen molar-refractivity contribution in [3.05, 3.63) is 48.5 Å². The number of amides is 1. The highest BCUT2D eigenvalue weighted by Gasteiger charge is 2.14. The van der Waals surface area contributed by atoms with Crippen molar-refractivity contribution < 1.29 is 22.7 Å². The highest BCUT2D eigenvalue weighted by atomic mass is 32.2. The van der Waals surface area contributed by atoms with E-state index in [9.17, 15) is 13.2 Å². The van der Waals surface area contributed by atoms with Crippen LogP contribution in [0, 0.1) is 0 Å². The van der Waals surface area contributed by atoms with Gasteiger partial charge in [-0.25, -0.2) is 8.42 Å². The molecule has 0 saturated heterocycles. The Morgan fingerprint density at radius 3 is 2.16 bits per heavy atom. The van der Waals surface area contributed by atoms with Crippen LogP contribution >= 0.6 is 0 Å². The fraction of sp³-hybridized carbons (Fsp3) is 0.235. The molecule has 0 saturated carbocycles. The molecule has 0 heterocycles. The van der Waals surface area contributed by atoms with E-state index in [1.165, 1.54) is 31.4 Å². The molecule has 2 aromatic carbocycles. The van der Waals surface area contributed by atoms with E-state index in [0.29, 0.717) is 23.7 Å². The van der Waals surface area contributed by atoms with Crippen LogP contribution in [0.25, 0.3) is 0 Å². The first-order valence-electron chi connectivity index (χ1n) is 7.61. The van der Waals surface area contributed by atoms with Crippen LogP contribution < -0.4 is 19.5 Å². The maximum Gasteiger partial charge on any atom is 0.261 e. The molecule has 0 aliphatic rings. The van der Waals surface area contributed by atoms with Gasteiger partial charge in [0.25, 0.3) is 15.9 Å². The van der Waals surface area contributed by atoms with E-state index in [2.05, 4.69) is 10.0 Å². The Balaban J connectivity index is 2.02. The number of carbonyl (C=O) groups excluding carboxylic acids is 1. The molecule has 7 nitrogen and oxygen atoms in total. The predicted molar refractivity (Wildman–Crippen MR) is 94.4 cm³/mol. The SMILES string of the molecule is CCNC(=O)COc1ccc(S(=O)(=O)Nc2ccc(OC)cc2)cc1. The third kappa shape index (κ3) is 5.39. The van der Waals surface area contributed by atoms with Crippen molar-refractivity contribution in [2.75, 3.05) is 25.0 Å². The predicted octanol–water partition coefficient (Wildman–Crippen LogP) is 2.01.